The van der Waals surface area contributed by atoms with Gasteiger partial charge in [0.25, 0.3) is 5.91 Å². The number of hydrogen-bond donors (Lipinski definition) is 2. The molecule has 5 nitrogen and oxygen atoms in total. The Morgan fingerprint density at radius 1 is 1.22 bits per heavy atom. The third-order valence-electron chi connectivity index (χ3n) is 3.45. The minimum absolute atomic E-state index is 0.175. The third-order valence-corrected chi connectivity index (χ3v) is 4.04. The van der Waals surface area contributed by atoms with Gasteiger partial charge in [0, 0.05) is 23.6 Å². The fourth-order valence-corrected chi connectivity index (χ4v) is 2.83. The molecule has 122 valence electrons. The molecule has 0 radical (unpaired) electrons. The molecular formula is C17H21N3O2S. The maximum atomic E-state index is 12.4. The van der Waals surface area contributed by atoms with Crippen LogP contribution in [-0.2, 0) is 4.79 Å². The van der Waals surface area contributed by atoms with Gasteiger partial charge in [0.05, 0.1) is 11.2 Å². The summed E-state index contributed by atoms with van der Waals surface area (Å²) in [7, 11) is 1.57. The molecule has 0 unspecified atom stereocenters. The molecule has 1 aromatic carbocycles. The van der Waals surface area contributed by atoms with Gasteiger partial charge in [0.1, 0.15) is 6.04 Å². The SMILES string of the molecule is CNC(=O)[C@@H](CC(C)C)NC(=O)c1ccc(-c2cscn2)cc1. The van der Waals surface area contributed by atoms with Gasteiger partial charge in [-0.2, -0.15) is 0 Å². The summed E-state index contributed by atoms with van der Waals surface area (Å²) in [6, 6.07) is 6.70. The molecule has 0 fully saturated rings. The van der Waals surface area contributed by atoms with Crippen molar-refractivity contribution in [2.24, 2.45) is 5.92 Å². The highest BCUT2D eigenvalue weighted by Gasteiger charge is 2.21. The van der Waals surface area contributed by atoms with Crippen LogP contribution in [0.15, 0.2) is 35.2 Å². The van der Waals surface area contributed by atoms with Gasteiger partial charge in [-0.1, -0.05) is 26.0 Å². The molecule has 1 heterocycles. The van der Waals surface area contributed by atoms with Gasteiger partial charge in [-0.05, 0) is 24.5 Å². The Labute approximate surface area is 140 Å². The van der Waals surface area contributed by atoms with E-state index in [-0.39, 0.29) is 11.8 Å². The predicted octanol–water partition coefficient (Wildman–Crippen LogP) is 2.70. The number of amides is 2. The Kier molecular flexibility index (Phi) is 5.87. The minimum Gasteiger partial charge on any atom is -0.357 e. The van der Waals surface area contributed by atoms with Gasteiger partial charge in [0.2, 0.25) is 5.91 Å². The predicted molar refractivity (Wildman–Crippen MR) is 92.3 cm³/mol. The average molecular weight is 331 g/mol. The molecule has 6 heteroatoms. The van der Waals surface area contributed by atoms with E-state index in [1.165, 1.54) is 11.3 Å². The van der Waals surface area contributed by atoms with Crippen LogP contribution >= 0.6 is 11.3 Å². The normalized spacial score (nSPS) is 12.0. The first-order valence-electron chi connectivity index (χ1n) is 7.52. The van der Waals surface area contributed by atoms with Crippen molar-refractivity contribution in [2.75, 3.05) is 7.05 Å². The molecule has 2 amide bonds. The summed E-state index contributed by atoms with van der Waals surface area (Å²) >= 11 is 1.53. The number of benzene rings is 1. The van der Waals surface area contributed by atoms with E-state index in [9.17, 15) is 9.59 Å². The molecule has 1 aromatic heterocycles. The number of nitrogens with zero attached hydrogens (tertiary/aromatic N) is 1. The van der Waals surface area contributed by atoms with Crippen LogP contribution in [0, 0.1) is 5.92 Å². The van der Waals surface area contributed by atoms with Gasteiger partial charge < -0.3 is 10.6 Å². The average Bonchev–Trinajstić information content (AvgIpc) is 3.07. The summed E-state index contributed by atoms with van der Waals surface area (Å²) in [5.41, 5.74) is 4.16. The summed E-state index contributed by atoms with van der Waals surface area (Å²) in [5, 5.41) is 7.36. The number of likely N-dealkylation sites (N-methyl/N-ethyl adjacent to an activating group) is 1. The Bertz CT molecular complexity index is 651. The second kappa shape index (κ2) is 7.87. The van der Waals surface area contributed by atoms with Crippen molar-refractivity contribution in [3.63, 3.8) is 0 Å². The zero-order chi connectivity index (χ0) is 16.8. The summed E-state index contributed by atoms with van der Waals surface area (Å²) in [5.74, 6) is -0.111. The minimum atomic E-state index is -0.522. The molecule has 2 aromatic rings. The van der Waals surface area contributed by atoms with E-state index in [2.05, 4.69) is 15.6 Å². The standard InChI is InChI=1S/C17H21N3O2S/c1-11(2)8-14(17(22)18-3)20-16(21)13-6-4-12(5-7-13)15-9-23-10-19-15/h4-7,9-11,14H,8H2,1-3H3,(H,18,22)(H,20,21)/t14-/m1/s1. The molecule has 0 aliphatic heterocycles. The first kappa shape index (κ1) is 17.1. The van der Waals surface area contributed by atoms with E-state index >= 15 is 0 Å². The highest BCUT2D eigenvalue weighted by atomic mass is 32.1. The monoisotopic (exact) mass is 331 g/mol. The maximum Gasteiger partial charge on any atom is 0.251 e. The van der Waals surface area contributed by atoms with Crippen molar-refractivity contribution in [3.8, 4) is 11.3 Å². The zero-order valence-corrected chi connectivity index (χ0v) is 14.3. The Morgan fingerprint density at radius 2 is 1.91 bits per heavy atom. The summed E-state index contributed by atoms with van der Waals surface area (Å²) in [6.45, 7) is 4.04. The number of rotatable bonds is 6. The second-order valence-corrected chi connectivity index (χ2v) is 6.44. The van der Waals surface area contributed by atoms with Crippen molar-refractivity contribution in [1.82, 2.24) is 15.6 Å². The number of aromatic nitrogens is 1. The van der Waals surface area contributed by atoms with E-state index in [0.717, 1.165) is 11.3 Å². The maximum absolute atomic E-state index is 12.4. The lowest BCUT2D eigenvalue weighted by molar-refractivity contribution is -0.122. The lowest BCUT2D eigenvalue weighted by atomic mass is 10.0. The quantitative estimate of drug-likeness (QED) is 0.855. The van der Waals surface area contributed by atoms with Crippen molar-refractivity contribution < 1.29 is 9.59 Å². The number of hydrogen-bond acceptors (Lipinski definition) is 4. The van der Waals surface area contributed by atoms with Crippen molar-refractivity contribution >= 4 is 23.2 Å². The molecule has 0 saturated heterocycles. The van der Waals surface area contributed by atoms with Crippen LogP contribution in [0.25, 0.3) is 11.3 Å². The van der Waals surface area contributed by atoms with Crippen molar-refractivity contribution in [3.05, 3.63) is 40.7 Å². The van der Waals surface area contributed by atoms with Crippen LogP contribution in [0.4, 0.5) is 0 Å². The van der Waals surface area contributed by atoms with Crippen LogP contribution in [0.1, 0.15) is 30.6 Å². The van der Waals surface area contributed by atoms with Crippen molar-refractivity contribution in [1.29, 1.82) is 0 Å². The summed E-state index contributed by atoms with van der Waals surface area (Å²) < 4.78 is 0. The van der Waals surface area contributed by atoms with Gasteiger partial charge in [0.15, 0.2) is 0 Å². The molecule has 2 N–H and O–H groups in total. The van der Waals surface area contributed by atoms with Crippen LogP contribution in [0.5, 0.6) is 0 Å². The molecule has 2 rings (SSSR count). The van der Waals surface area contributed by atoms with Gasteiger partial charge in [-0.15, -0.1) is 11.3 Å². The fourth-order valence-electron chi connectivity index (χ4n) is 2.27. The molecule has 1 atom stereocenters. The van der Waals surface area contributed by atoms with Gasteiger partial charge >= 0.3 is 0 Å². The van der Waals surface area contributed by atoms with Gasteiger partial charge in [-0.25, -0.2) is 4.98 Å². The third kappa shape index (κ3) is 4.63. The van der Waals surface area contributed by atoms with Gasteiger partial charge in [-0.3, -0.25) is 9.59 Å². The van der Waals surface area contributed by atoms with Crippen LogP contribution < -0.4 is 10.6 Å². The number of carbonyl (C=O) groups excluding carboxylic acids is 2. The van der Waals surface area contributed by atoms with E-state index in [1.54, 1.807) is 24.7 Å². The zero-order valence-electron chi connectivity index (χ0n) is 13.5. The lowest BCUT2D eigenvalue weighted by Gasteiger charge is -2.19. The number of carbonyl (C=O) groups is 2. The van der Waals surface area contributed by atoms with E-state index in [0.29, 0.717) is 17.9 Å². The molecule has 0 bridgehead atoms. The first-order valence-corrected chi connectivity index (χ1v) is 8.46. The molecule has 23 heavy (non-hydrogen) atoms. The molecular weight excluding hydrogens is 310 g/mol. The fraction of sp³-hybridized carbons (Fsp3) is 0.353. The summed E-state index contributed by atoms with van der Waals surface area (Å²) in [4.78, 5) is 28.5. The first-order chi connectivity index (χ1) is 11.0. The summed E-state index contributed by atoms with van der Waals surface area (Å²) in [6.07, 6.45) is 0.600. The topological polar surface area (TPSA) is 71.1 Å². The lowest BCUT2D eigenvalue weighted by Crippen LogP contribution is -2.46. The molecule has 0 aliphatic rings. The van der Waals surface area contributed by atoms with Crippen LogP contribution in [-0.4, -0.2) is 29.9 Å². The number of nitrogens with one attached hydrogen (secondary N) is 2. The Morgan fingerprint density at radius 3 is 2.43 bits per heavy atom. The largest absolute Gasteiger partial charge is 0.357 e. The highest BCUT2D eigenvalue weighted by molar-refractivity contribution is 7.07. The highest BCUT2D eigenvalue weighted by Crippen LogP contribution is 2.19. The smallest absolute Gasteiger partial charge is 0.251 e. The van der Waals surface area contributed by atoms with Crippen LogP contribution in [0.2, 0.25) is 0 Å². The molecule has 0 aliphatic carbocycles. The Balaban J connectivity index is 2.08. The van der Waals surface area contributed by atoms with E-state index in [1.807, 2.05) is 31.4 Å². The second-order valence-electron chi connectivity index (χ2n) is 5.72. The van der Waals surface area contributed by atoms with Crippen LogP contribution in [0.3, 0.4) is 0 Å². The molecule has 0 saturated carbocycles. The Hall–Kier alpha value is -2.21. The number of thiazole rings is 1. The van der Waals surface area contributed by atoms with E-state index < -0.39 is 6.04 Å². The molecule has 0 spiro atoms. The van der Waals surface area contributed by atoms with E-state index in [4.69, 9.17) is 0 Å². The van der Waals surface area contributed by atoms with Crippen molar-refractivity contribution in [2.45, 2.75) is 26.3 Å².